The van der Waals surface area contributed by atoms with Gasteiger partial charge in [0.15, 0.2) is 5.83 Å². The molecular weight excluding hydrogens is 406 g/mol. The maximum atomic E-state index is 14.5. The van der Waals surface area contributed by atoms with E-state index in [0.29, 0.717) is 43.2 Å². The van der Waals surface area contributed by atoms with Crippen LogP contribution < -0.4 is 0 Å². The lowest BCUT2D eigenvalue weighted by Gasteiger charge is -2.28. The Labute approximate surface area is 173 Å². The van der Waals surface area contributed by atoms with Gasteiger partial charge < -0.3 is 4.74 Å². The highest BCUT2D eigenvalue weighted by Crippen LogP contribution is 2.37. The highest BCUT2D eigenvalue weighted by Gasteiger charge is 2.35. The zero-order valence-electron chi connectivity index (χ0n) is 17.1. The summed E-state index contributed by atoms with van der Waals surface area (Å²) in [5, 5.41) is 0. The van der Waals surface area contributed by atoms with Gasteiger partial charge in [-0.15, -0.1) is 0 Å². The molecule has 0 amide bonds. The maximum Gasteiger partial charge on any atom is 0.442 e. The van der Waals surface area contributed by atoms with Gasteiger partial charge in [-0.3, -0.25) is 0 Å². The van der Waals surface area contributed by atoms with Gasteiger partial charge in [0, 0.05) is 5.56 Å². The third kappa shape index (κ3) is 6.02. The summed E-state index contributed by atoms with van der Waals surface area (Å²) < 4.78 is 84.6. The second-order valence-electron chi connectivity index (χ2n) is 8.78. The van der Waals surface area contributed by atoms with Gasteiger partial charge in [0.2, 0.25) is 0 Å². The number of hydrogen-bond acceptors (Lipinski definition) is 1. The minimum absolute atomic E-state index is 0.118. The minimum atomic E-state index is -4.95. The standard InChI is InChI=1S/C23H28F6O/c1-14-2-6-16(7-3-14)17-11-20(24)19(21(25)12-17)13-30-18-8-4-15(5-9-18)10-22(26)23(27,28)29/h10-12,14-16,18H,2-9,13H2,1H3. The van der Waals surface area contributed by atoms with Gasteiger partial charge >= 0.3 is 6.18 Å². The minimum Gasteiger partial charge on any atom is -0.373 e. The van der Waals surface area contributed by atoms with Gasteiger partial charge in [0.05, 0.1) is 12.7 Å². The molecule has 1 nitrogen and oxygen atoms in total. The van der Waals surface area contributed by atoms with Crippen LogP contribution in [0.5, 0.6) is 0 Å². The summed E-state index contributed by atoms with van der Waals surface area (Å²) in [5.74, 6) is -2.97. The van der Waals surface area contributed by atoms with Crippen molar-refractivity contribution >= 4 is 0 Å². The topological polar surface area (TPSA) is 9.23 Å². The summed E-state index contributed by atoms with van der Waals surface area (Å²) >= 11 is 0. The van der Waals surface area contributed by atoms with Crippen LogP contribution in [0.3, 0.4) is 0 Å². The molecule has 1 aromatic rings. The summed E-state index contributed by atoms with van der Waals surface area (Å²) in [6.45, 7) is 1.97. The van der Waals surface area contributed by atoms with Gasteiger partial charge in [0.25, 0.3) is 0 Å². The molecule has 0 aromatic heterocycles. The number of alkyl halides is 3. The van der Waals surface area contributed by atoms with Gasteiger partial charge in [0.1, 0.15) is 11.6 Å². The molecule has 0 aliphatic heterocycles. The van der Waals surface area contributed by atoms with E-state index in [2.05, 4.69) is 6.92 Å². The van der Waals surface area contributed by atoms with E-state index < -0.39 is 29.6 Å². The summed E-state index contributed by atoms with van der Waals surface area (Å²) in [6, 6.07) is 2.81. The Bertz CT molecular complexity index is 718. The van der Waals surface area contributed by atoms with Crippen molar-refractivity contribution in [3.63, 3.8) is 0 Å². The van der Waals surface area contributed by atoms with E-state index in [-0.39, 0.29) is 24.2 Å². The van der Waals surface area contributed by atoms with Crippen molar-refractivity contribution in [3.8, 4) is 0 Å². The summed E-state index contributed by atoms with van der Waals surface area (Å²) in [6.07, 6.45) is 0.892. The second kappa shape index (κ2) is 9.75. The zero-order chi connectivity index (χ0) is 21.9. The molecule has 0 unspecified atom stereocenters. The Kier molecular flexibility index (Phi) is 7.53. The van der Waals surface area contributed by atoms with Crippen molar-refractivity contribution < 1.29 is 31.1 Å². The van der Waals surface area contributed by atoms with Crippen LogP contribution in [-0.2, 0) is 11.3 Å². The fourth-order valence-electron chi connectivity index (χ4n) is 4.51. The lowest BCUT2D eigenvalue weighted by Crippen LogP contribution is -2.22. The van der Waals surface area contributed by atoms with Crippen LogP contribution in [-0.4, -0.2) is 12.3 Å². The molecule has 2 fully saturated rings. The summed E-state index contributed by atoms with van der Waals surface area (Å²) in [5.41, 5.74) is 0.577. The van der Waals surface area contributed by atoms with Crippen molar-refractivity contribution in [2.75, 3.05) is 0 Å². The number of hydrogen-bond donors (Lipinski definition) is 0. The predicted molar refractivity (Wildman–Crippen MR) is 103 cm³/mol. The van der Waals surface area contributed by atoms with Gasteiger partial charge in [-0.2, -0.15) is 13.2 Å². The van der Waals surface area contributed by atoms with Crippen molar-refractivity contribution in [3.05, 3.63) is 46.8 Å². The monoisotopic (exact) mass is 434 g/mol. The Morgan fingerprint density at radius 1 is 0.967 bits per heavy atom. The molecular formula is C23H28F6O. The largest absolute Gasteiger partial charge is 0.442 e. The van der Waals surface area contributed by atoms with Gasteiger partial charge in [-0.1, -0.05) is 19.8 Å². The molecule has 2 saturated carbocycles. The third-order valence-electron chi connectivity index (χ3n) is 6.49. The highest BCUT2D eigenvalue weighted by molar-refractivity contribution is 5.28. The predicted octanol–water partition coefficient (Wildman–Crippen LogP) is 7.75. The maximum absolute atomic E-state index is 14.5. The quantitative estimate of drug-likeness (QED) is 0.431. The van der Waals surface area contributed by atoms with E-state index in [4.69, 9.17) is 4.74 Å². The van der Waals surface area contributed by atoms with Crippen LogP contribution >= 0.6 is 0 Å². The third-order valence-corrected chi connectivity index (χ3v) is 6.49. The fourth-order valence-corrected chi connectivity index (χ4v) is 4.51. The Morgan fingerprint density at radius 2 is 1.53 bits per heavy atom. The smallest absolute Gasteiger partial charge is 0.373 e. The molecule has 0 spiro atoms. The van der Waals surface area contributed by atoms with Crippen LogP contribution in [0.2, 0.25) is 0 Å². The number of ether oxygens (including phenoxy) is 1. The number of benzene rings is 1. The first-order valence-corrected chi connectivity index (χ1v) is 10.7. The van der Waals surface area contributed by atoms with E-state index in [9.17, 15) is 26.3 Å². The van der Waals surface area contributed by atoms with Crippen molar-refractivity contribution in [2.45, 2.75) is 83.1 Å². The lowest BCUT2D eigenvalue weighted by molar-refractivity contribution is -0.109. The molecule has 7 heteroatoms. The molecule has 2 aliphatic carbocycles. The molecule has 3 rings (SSSR count). The Balaban J connectivity index is 1.53. The van der Waals surface area contributed by atoms with Crippen LogP contribution in [0.1, 0.15) is 75.3 Å². The molecule has 0 bridgehead atoms. The summed E-state index contributed by atoms with van der Waals surface area (Å²) in [4.78, 5) is 0. The van der Waals surface area contributed by atoms with Crippen molar-refractivity contribution in [2.24, 2.45) is 11.8 Å². The first-order valence-electron chi connectivity index (χ1n) is 10.7. The van der Waals surface area contributed by atoms with E-state index >= 15 is 0 Å². The van der Waals surface area contributed by atoms with Crippen LogP contribution in [0.4, 0.5) is 26.3 Å². The molecule has 0 heterocycles. The van der Waals surface area contributed by atoms with E-state index in [0.717, 1.165) is 25.7 Å². The van der Waals surface area contributed by atoms with Crippen LogP contribution in [0.25, 0.3) is 0 Å². The van der Waals surface area contributed by atoms with Crippen LogP contribution in [0.15, 0.2) is 24.0 Å². The zero-order valence-corrected chi connectivity index (χ0v) is 17.1. The van der Waals surface area contributed by atoms with E-state index in [1.807, 2.05) is 0 Å². The number of allylic oxidation sites excluding steroid dienone is 2. The Hall–Kier alpha value is -1.50. The highest BCUT2D eigenvalue weighted by atomic mass is 19.4. The first kappa shape index (κ1) is 23.2. The lowest BCUT2D eigenvalue weighted by atomic mass is 9.79. The summed E-state index contributed by atoms with van der Waals surface area (Å²) in [7, 11) is 0. The molecule has 168 valence electrons. The van der Waals surface area contributed by atoms with E-state index in [1.165, 1.54) is 12.1 Å². The average molecular weight is 434 g/mol. The molecule has 0 radical (unpaired) electrons. The molecule has 0 atom stereocenters. The van der Waals surface area contributed by atoms with E-state index in [1.54, 1.807) is 0 Å². The van der Waals surface area contributed by atoms with Crippen molar-refractivity contribution in [1.29, 1.82) is 0 Å². The van der Waals surface area contributed by atoms with Crippen molar-refractivity contribution in [1.82, 2.24) is 0 Å². The normalized spacial score (nSPS) is 28.6. The molecule has 2 aliphatic rings. The SMILES string of the molecule is CC1CCC(c2cc(F)c(COC3CCC(C=C(F)C(F)(F)F)CC3)c(F)c2)CC1. The second-order valence-corrected chi connectivity index (χ2v) is 8.78. The van der Waals surface area contributed by atoms with Gasteiger partial charge in [-0.25, -0.2) is 13.2 Å². The molecule has 0 N–H and O–H groups in total. The average Bonchev–Trinajstić information content (AvgIpc) is 2.68. The van der Waals surface area contributed by atoms with Crippen LogP contribution in [0, 0.1) is 23.5 Å². The molecule has 30 heavy (non-hydrogen) atoms. The molecule has 1 aromatic carbocycles. The molecule has 0 saturated heterocycles. The number of halogens is 6. The fraction of sp³-hybridized carbons (Fsp3) is 0.652. The first-order chi connectivity index (χ1) is 14.1. The van der Waals surface area contributed by atoms with Gasteiger partial charge in [-0.05, 0) is 80.1 Å². The number of rotatable bonds is 5. The Morgan fingerprint density at radius 3 is 2.07 bits per heavy atom.